The maximum Gasteiger partial charge on any atom is -0.0114 e. The van der Waals surface area contributed by atoms with Gasteiger partial charge in [-0.25, -0.2) is 0 Å². The van der Waals surface area contributed by atoms with E-state index >= 15 is 0 Å². The maximum atomic E-state index is 3.65. The third kappa shape index (κ3) is 4.76. The van der Waals surface area contributed by atoms with Gasteiger partial charge in [0.2, 0.25) is 0 Å². The quantitative estimate of drug-likeness (QED) is 0.422. The van der Waals surface area contributed by atoms with Crippen LogP contribution in [0.25, 0.3) is 11.1 Å². The second kappa shape index (κ2) is 10.6. The van der Waals surface area contributed by atoms with Crippen LogP contribution >= 0.6 is 0 Å². The first-order valence-electron chi connectivity index (χ1n) is 15.1. The van der Waals surface area contributed by atoms with E-state index in [1.54, 1.807) is 33.4 Å². The molecular weight excluding hydrogens is 408 g/mol. The monoisotopic (exact) mass is 453 g/mol. The summed E-state index contributed by atoms with van der Waals surface area (Å²) in [6.07, 6.45) is 25.4. The van der Waals surface area contributed by atoms with Gasteiger partial charge in [0.15, 0.2) is 0 Å². The molecule has 4 saturated carbocycles. The Hall–Kier alpha value is -1.56. The molecule has 0 saturated heterocycles. The summed E-state index contributed by atoms with van der Waals surface area (Å²) in [5, 5.41) is 0. The summed E-state index contributed by atoms with van der Waals surface area (Å²) in [7, 11) is 0. The second-order valence-corrected chi connectivity index (χ2v) is 12.3. The minimum Gasteiger partial charge on any atom is -0.0552 e. The van der Waals surface area contributed by atoms with Gasteiger partial charge in [0.05, 0.1) is 0 Å². The van der Waals surface area contributed by atoms with E-state index in [2.05, 4.69) is 36.4 Å². The predicted octanol–water partition coefficient (Wildman–Crippen LogP) is 10.6. The van der Waals surface area contributed by atoms with Crippen LogP contribution in [0.4, 0.5) is 0 Å². The highest BCUT2D eigenvalue weighted by Crippen LogP contribution is 2.47. The highest BCUT2D eigenvalue weighted by molar-refractivity contribution is 5.74. The van der Waals surface area contributed by atoms with E-state index < -0.39 is 0 Å². The van der Waals surface area contributed by atoms with Crippen molar-refractivity contribution in [3.63, 3.8) is 0 Å². The molecule has 0 spiro atoms. The van der Waals surface area contributed by atoms with Gasteiger partial charge in [0.25, 0.3) is 0 Å². The Kier molecular flexibility index (Phi) is 7.13. The second-order valence-electron chi connectivity index (χ2n) is 12.3. The topological polar surface area (TPSA) is 0 Å². The van der Waals surface area contributed by atoms with Gasteiger partial charge in [0.1, 0.15) is 0 Å². The highest BCUT2D eigenvalue weighted by atomic mass is 14.3. The zero-order chi connectivity index (χ0) is 22.7. The summed E-state index contributed by atoms with van der Waals surface area (Å²) >= 11 is 0. The lowest BCUT2D eigenvalue weighted by atomic mass is 9.76. The van der Waals surface area contributed by atoms with Crippen LogP contribution < -0.4 is 0 Å². The molecule has 1 radical (unpaired) electrons. The van der Waals surface area contributed by atoms with Crippen molar-refractivity contribution in [2.24, 2.45) is 0 Å². The molecule has 0 heterocycles. The van der Waals surface area contributed by atoms with Crippen LogP contribution in [0.5, 0.6) is 0 Å². The molecule has 0 bridgehead atoms. The van der Waals surface area contributed by atoms with Crippen molar-refractivity contribution in [2.45, 2.75) is 139 Å². The third-order valence-electron chi connectivity index (χ3n) is 10.1. The fourth-order valence-electron chi connectivity index (χ4n) is 8.15. The van der Waals surface area contributed by atoms with E-state index in [1.807, 2.05) is 0 Å². The van der Waals surface area contributed by atoms with Crippen molar-refractivity contribution < 1.29 is 0 Å². The Balaban J connectivity index is 1.49. The first-order chi connectivity index (χ1) is 16.9. The van der Waals surface area contributed by atoms with E-state index in [4.69, 9.17) is 0 Å². The van der Waals surface area contributed by atoms with Crippen LogP contribution in [-0.4, -0.2) is 0 Å². The van der Waals surface area contributed by atoms with Gasteiger partial charge in [0, 0.05) is 0 Å². The van der Waals surface area contributed by atoms with Gasteiger partial charge in [-0.05, 0) is 114 Å². The molecule has 0 atom stereocenters. The Morgan fingerprint density at radius 2 is 0.824 bits per heavy atom. The third-order valence-corrected chi connectivity index (χ3v) is 10.1. The molecule has 0 N–H and O–H groups in total. The van der Waals surface area contributed by atoms with E-state index in [0.717, 1.165) is 23.7 Å². The zero-order valence-corrected chi connectivity index (χ0v) is 21.4. The standard InChI is InChI=1S/C34H45/c1-3-12-25(13-4-1)29-22-30(26-14-5-2-6-15-26)24-31(23-29)34-32(27-16-7-8-17-27)20-11-21-33(34)28-18-9-10-19-28/h20-28H,1-10,12-19H2. The molecule has 6 rings (SSSR count). The van der Waals surface area contributed by atoms with E-state index in [0.29, 0.717) is 0 Å². The van der Waals surface area contributed by atoms with Crippen molar-refractivity contribution in [1.29, 1.82) is 0 Å². The smallest absolute Gasteiger partial charge is 0.0114 e. The number of hydrogen-bond acceptors (Lipinski definition) is 0. The number of rotatable bonds is 5. The maximum absolute atomic E-state index is 3.65. The van der Waals surface area contributed by atoms with Gasteiger partial charge in [-0.15, -0.1) is 0 Å². The van der Waals surface area contributed by atoms with Crippen LogP contribution in [0.1, 0.15) is 162 Å². The molecule has 4 fully saturated rings. The van der Waals surface area contributed by atoms with Crippen molar-refractivity contribution >= 4 is 0 Å². The average Bonchev–Trinajstić information content (AvgIpc) is 3.64. The predicted molar refractivity (Wildman–Crippen MR) is 145 cm³/mol. The molecule has 0 amide bonds. The van der Waals surface area contributed by atoms with Crippen LogP contribution in [-0.2, 0) is 0 Å². The van der Waals surface area contributed by atoms with Crippen molar-refractivity contribution in [2.75, 3.05) is 0 Å². The lowest BCUT2D eigenvalue weighted by Gasteiger charge is -2.28. The molecule has 2 aromatic rings. The first-order valence-corrected chi connectivity index (χ1v) is 15.1. The molecule has 34 heavy (non-hydrogen) atoms. The Morgan fingerprint density at radius 1 is 0.441 bits per heavy atom. The van der Waals surface area contributed by atoms with Crippen molar-refractivity contribution in [3.05, 3.63) is 58.7 Å². The fourth-order valence-corrected chi connectivity index (χ4v) is 8.15. The summed E-state index contributed by atoms with van der Waals surface area (Å²) in [5.41, 5.74) is 9.91. The van der Waals surface area contributed by atoms with Gasteiger partial charge >= 0.3 is 0 Å². The van der Waals surface area contributed by atoms with Gasteiger partial charge in [-0.1, -0.05) is 94.5 Å². The Bertz CT molecular complexity index is 873. The van der Waals surface area contributed by atoms with Crippen LogP contribution in [0.2, 0.25) is 0 Å². The molecule has 4 aliphatic carbocycles. The van der Waals surface area contributed by atoms with E-state index in [1.165, 1.54) is 116 Å². The van der Waals surface area contributed by atoms with Gasteiger partial charge in [-0.2, -0.15) is 0 Å². The summed E-state index contributed by atoms with van der Waals surface area (Å²) in [4.78, 5) is 0. The summed E-state index contributed by atoms with van der Waals surface area (Å²) < 4.78 is 0. The fraction of sp³-hybridized carbons (Fsp3) is 0.647. The molecule has 4 aliphatic rings. The Labute approximate surface area is 208 Å². The molecule has 2 aromatic carbocycles. The lowest BCUT2D eigenvalue weighted by Crippen LogP contribution is -2.10. The van der Waals surface area contributed by atoms with E-state index in [9.17, 15) is 0 Å². The molecule has 0 nitrogen and oxygen atoms in total. The van der Waals surface area contributed by atoms with Crippen LogP contribution in [0.15, 0.2) is 30.3 Å². The number of hydrogen-bond donors (Lipinski definition) is 0. The van der Waals surface area contributed by atoms with Crippen molar-refractivity contribution in [3.8, 4) is 11.1 Å². The molecule has 0 unspecified atom stereocenters. The normalized spacial score (nSPS) is 23.6. The lowest BCUT2D eigenvalue weighted by molar-refractivity contribution is 0.435. The molecule has 181 valence electrons. The SMILES string of the molecule is [c]1cc(C2CCCC2)c(-c2cc(C3CCCCC3)cc(C3CCCCC3)c2)c(C2CCCC2)c1. The minimum absolute atomic E-state index is 0.754. The largest absolute Gasteiger partial charge is 0.0552 e. The number of benzene rings is 2. The summed E-state index contributed by atoms with van der Waals surface area (Å²) in [6.45, 7) is 0. The summed E-state index contributed by atoms with van der Waals surface area (Å²) in [6, 6.07) is 16.5. The highest BCUT2D eigenvalue weighted by Gasteiger charge is 2.28. The average molecular weight is 454 g/mol. The minimum atomic E-state index is 0.754. The zero-order valence-electron chi connectivity index (χ0n) is 21.4. The van der Waals surface area contributed by atoms with Gasteiger partial charge in [-0.3, -0.25) is 0 Å². The van der Waals surface area contributed by atoms with Crippen LogP contribution in [0.3, 0.4) is 0 Å². The van der Waals surface area contributed by atoms with Crippen molar-refractivity contribution in [1.82, 2.24) is 0 Å². The Morgan fingerprint density at radius 3 is 1.26 bits per heavy atom. The molecule has 0 heteroatoms. The van der Waals surface area contributed by atoms with E-state index in [-0.39, 0.29) is 0 Å². The summed E-state index contributed by atoms with van der Waals surface area (Å²) in [5.74, 6) is 3.08. The molecular formula is C34H45. The molecule has 0 aliphatic heterocycles. The van der Waals surface area contributed by atoms with Crippen LogP contribution in [0, 0.1) is 6.07 Å². The molecule has 0 aromatic heterocycles. The van der Waals surface area contributed by atoms with Gasteiger partial charge < -0.3 is 0 Å². The first kappa shape index (κ1) is 22.9.